The molecule has 0 bridgehead atoms. The van der Waals surface area contributed by atoms with Crippen molar-refractivity contribution in [1.29, 1.82) is 0 Å². The number of alkyl halides is 3. The molecule has 2 N–H and O–H groups in total. The Labute approximate surface area is 216 Å². The van der Waals surface area contributed by atoms with Gasteiger partial charge < -0.3 is 9.80 Å². The molecule has 0 aliphatic carbocycles. The number of aromatic nitrogens is 4. The summed E-state index contributed by atoms with van der Waals surface area (Å²) in [6.45, 7) is 1.98. The largest absolute Gasteiger partial charge is 0.451 e. The zero-order chi connectivity index (χ0) is 26.9. The number of rotatable bonds is 5. The SMILES string of the molecule is NS(=O)(=O)c1ccc(-c2ccccc2)c(N2CCN(c3ncccn3)CC2)c1-c1cnc(C(F)(F)F)nc1. The lowest BCUT2D eigenvalue weighted by Gasteiger charge is -2.38. The van der Waals surface area contributed by atoms with E-state index in [0.717, 1.165) is 18.0 Å². The fourth-order valence-corrected chi connectivity index (χ4v) is 5.21. The van der Waals surface area contributed by atoms with Crippen LogP contribution in [0.25, 0.3) is 22.3 Å². The third-order valence-electron chi connectivity index (χ3n) is 6.16. The van der Waals surface area contributed by atoms with E-state index < -0.39 is 22.0 Å². The normalized spacial score (nSPS) is 14.5. The Kier molecular flexibility index (Phi) is 6.71. The van der Waals surface area contributed by atoms with Crippen molar-refractivity contribution in [2.45, 2.75) is 11.1 Å². The van der Waals surface area contributed by atoms with Crippen molar-refractivity contribution in [1.82, 2.24) is 19.9 Å². The van der Waals surface area contributed by atoms with Gasteiger partial charge in [0.1, 0.15) is 0 Å². The van der Waals surface area contributed by atoms with Crippen LogP contribution in [0.1, 0.15) is 5.82 Å². The number of benzene rings is 2. The Bertz CT molecular complexity index is 1530. The van der Waals surface area contributed by atoms with Gasteiger partial charge in [-0.25, -0.2) is 33.5 Å². The smallest absolute Gasteiger partial charge is 0.367 e. The summed E-state index contributed by atoms with van der Waals surface area (Å²) in [4.78, 5) is 19.3. The Morgan fingerprint density at radius 1 is 0.763 bits per heavy atom. The summed E-state index contributed by atoms with van der Waals surface area (Å²) >= 11 is 0. The lowest BCUT2D eigenvalue weighted by Crippen LogP contribution is -2.47. The minimum absolute atomic E-state index is 0.101. The van der Waals surface area contributed by atoms with Crippen LogP contribution in [0.4, 0.5) is 24.8 Å². The highest BCUT2D eigenvalue weighted by Gasteiger charge is 2.35. The summed E-state index contributed by atoms with van der Waals surface area (Å²) in [6, 6.07) is 14.0. The zero-order valence-corrected chi connectivity index (χ0v) is 20.7. The Morgan fingerprint density at radius 3 is 1.95 bits per heavy atom. The number of primary sulfonamides is 1. The second-order valence-electron chi connectivity index (χ2n) is 8.56. The van der Waals surface area contributed by atoms with Gasteiger partial charge in [0.15, 0.2) is 0 Å². The lowest BCUT2D eigenvalue weighted by molar-refractivity contribution is -0.144. The molecule has 0 amide bonds. The maximum atomic E-state index is 13.2. The van der Waals surface area contributed by atoms with Gasteiger partial charge in [0.05, 0.1) is 10.6 Å². The average Bonchev–Trinajstić information content (AvgIpc) is 2.92. The highest BCUT2D eigenvalue weighted by atomic mass is 32.2. The number of hydrogen-bond donors (Lipinski definition) is 1. The van der Waals surface area contributed by atoms with Crippen molar-refractivity contribution in [3.8, 4) is 22.3 Å². The minimum atomic E-state index is -4.74. The standard InChI is InChI=1S/C25H22F3N7O2S/c26-25(27,28)23-32-15-18(16-33-23)21-20(38(29,36)37)8-7-19(17-5-2-1-3-6-17)22(21)34-11-13-35(14-12-34)24-30-9-4-10-31-24/h1-10,15-16H,11-14H2,(H2,29,36,37). The summed E-state index contributed by atoms with van der Waals surface area (Å²) in [5.74, 6) is -0.749. The van der Waals surface area contributed by atoms with Crippen LogP contribution < -0.4 is 14.9 Å². The van der Waals surface area contributed by atoms with E-state index in [4.69, 9.17) is 5.14 Å². The second-order valence-corrected chi connectivity index (χ2v) is 10.1. The molecule has 4 aromatic rings. The van der Waals surface area contributed by atoms with Gasteiger partial charge in [0.25, 0.3) is 0 Å². The molecule has 5 rings (SSSR count). The fourth-order valence-electron chi connectivity index (χ4n) is 4.46. The first kappa shape index (κ1) is 25.5. The Hall–Kier alpha value is -4.10. The van der Waals surface area contributed by atoms with Crippen LogP contribution in [0, 0.1) is 0 Å². The number of sulfonamides is 1. The van der Waals surface area contributed by atoms with Crippen LogP contribution in [-0.2, 0) is 16.2 Å². The van der Waals surface area contributed by atoms with E-state index >= 15 is 0 Å². The predicted octanol–water partition coefficient (Wildman–Crippen LogP) is 3.59. The maximum absolute atomic E-state index is 13.2. The number of halogens is 3. The number of nitrogens with two attached hydrogens (primary N) is 1. The lowest BCUT2D eigenvalue weighted by atomic mass is 9.95. The van der Waals surface area contributed by atoms with Gasteiger partial charge in [0, 0.05) is 67.7 Å². The number of hydrogen-bond acceptors (Lipinski definition) is 8. The van der Waals surface area contributed by atoms with Crippen molar-refractivity contribution in [2.24, 2.45) is 5.14 Å². The summed E-state index contributed by atoms with van der Waals surface area (Å²) in [5, 5.41) is 5.59. The van der Waals surface area contributed by atoms with E-state index in [1.54, 1.807) is 24.5 Å². The molecule has 1 aliphatic rings. The van der Waals surface area contributed by atoms with Crippen LogP contribution in [-0.4, -0.2) is 54.5 Å². The number of anilines is 2. The summed E-state index contributed by atoms with van der Waals surface area (Å²) < 4.78 is 64.8. The first-order chi connectivity index (χ1) is 18.1. The van der Waals surface area contributed by atoms with Crippen LogP contribution in [0.3, 0.4) is 0 Å². The molecular formula is C25H22F3N7O2S. The monoisotopic (exact) mass is 541 g/mol. The molecule has 0 radical (unpaired) electrons. The molecular weight excluding hydrogens is 519 g/mol. The van der Waals surface area contributed by atoms with Gasteiger partial charge in [-0.15, -0.1) is 0 Å². The summed E-state index contributed by atoms with van der Waals surface area (Å²) in [7, 11) is -4.27. The van der Waals surface area contributed by atoms with Gasteiger partial charge in [0.2, 0.25) is 21.8 Å². The predicted molar refractivity (Wildman–Crippen MR) is 136 cm³/mol. The molecule has 2 aromatic heterocycles. The molecule has 1 saturated heterocycles. The van der Waals surface area contributed by atoms with E-state index in [2.05, 4.69) is 19.9 Å². The number of nitrogens with zero attached hydrogens (tertiary/aromatic N) is 6. The van der Waals surface area contributed by atoms with E-state index in [1.165, 1.54) is 6.07 Å². The van der Waals surface area contributed by atoms with E-state index in [0.29, 0.717) is 43.4 Å². The average molecular weight is 542 g/mol. The van der Waals surface area contributed by atoms with Gasteiger partial charge in [-0.1, -0.05) is 36.4 Å². The first-order valence-electron chi connectivity index (χ1n) is 11.5. The summed E-state index contributed by atoms with van der Waals surface area (Å²) in [5.41, 5.74) is 2.25. The highest BCUT2D eigenvalue weighted by Crippen LogP contribution is 2.43. The quantitative estimate of drug-likeness (QED) is 0.407. The van der Waals surface area contributed by atoms with Crippen LogP contribution in [0.15, 0.2) is 78.2 Å². The Morgan fingerprint density at radius 2 is 1.37 bits per heavy atom. The molecule has 3 heterocycles. The molecule has 0 unspecified atom stereocenters. The van der Waals surface area contributed by atoms with E-state index in [-0.39, 0.29) is 16.0 Å². The molecule has 0 spiro atoms. The van der Waals surface area contributed by atoms with E-state index in [9.17, 15) is 21.6 Å². The van der Waals surface area contributed by atoms with Crippen LogP contribution in [0.5, 0.6) is 0 Å². The third-order valence-corrected chi connectivity index (χ3v) is 7.11. The Balaban J connectivity index is 1.67. The fraction of sp³-hybridized carbons (Fsp3) is 0.200. The van der Waals surface area contributed by atoms with Gasteiger partial charge in [-0.3, -0.25) is 0 Å². The first-order valence-corrected chi connectivity index (χ1v) is 13.1. The molecule has 1 fully saturated rings. The highest BCUT2D eigenvalue weighted by molar-refractivity contribution is 7.89. The van der Waals surface area contributed by atoms with E-state index in [1.807, 2.05) is 40.1 Å². The zero-order valence-electron chi connectivity index (χ0n) is 19.9. The minimum Gasteiger partial charge on any atom is -0.367 e. The van der Waals surface area contributed by atoms with Crippen molar-refractivity contribution < 1.29 is 21.6 Å². The molecule has 196 valence electrons. The topological polar surface area (TPSA) is 118 Å². The van der Waals surface area contributed by atoms with Gasteiger partial charge in [-0.2, -0.15) is 13.2 Å². The number of piperazine rings is 1. The van der Waals surface area contributed by atoms with Crippen molar-refractivity contribution in [3.05, 3.63) is 79.1 Å². The van der Waals surface area contributed by atoms with Crippen molar-refractivity contribution >= 4 is 21.7 Å². The van der Waals surface area contributed by atoms with Crippen molar-refractivity contribution in [3.63, 3.8) is 0 Å². The second kappa shape index (κ2) is 9.99. The molecule has 0 saturated carbocycles. The molecule has 9 nitrogen and oxygen atoms in total. The molecule has 0 atom stereocenters. The van der Waals surface area contributed by atoms with Gasteiger partial charge >= 0.3 is 6.18 Å². The molecule has 1 aliphatic heterocycles. The maximum Gasteiger partial charge on any atom is 0.451 e. The van der Waals surface area contributed by atoms with Crippen LogP contribution in [0.2, 0.25) is 0 Å². The summed E-state index contributed by atoms with van der Waals surface area (Å²) in [6.07, 6.45) is 0.519. The molecule has 13 heteroatoms. The van der Waals surface area contributed by atoms with Crippen molar-refractivity contribution in [2.75, 3.05) is 36.0 Å². The van der Waals surface area contributed by atoms with Gasteiger partial charge in [-0.05, 0) is 17.7 Å². The molecule has 2 aromatic carbocycles. The third kappa shape index (κ3) is 5.15. The molecule has 38 heavy (non-hydrogen) atoms. The van der Waals surface area contributed by atoms with Crippen LogP contribution >= 0.6 is 0 Å².